The molecule has 0 aromatic heterocycles. The molecule has 0 bridgehead atoms. The van der Waals surface area contributed by atoms with Gasteiger partial charge in [-0.05, 0) is 18.6 Å². The van der Waals surface area contributed by atoms with Crippen molar-refractivity contribution in [3.05, 3.63) is 30.3 Å². The van der Waals surface area contributed by atoms with Gasteiger partial charge < -0.3 is 4.90 Å². The Hall–Kier alpha value is -1.31. The molecule has 0 saturated carbocycles. The fraction of sp³-hybridized carbons (Fsp3) is 0.611. The Morgan fingerprint density at radius 3 is 1.95 bits per heavy atom. The van der Waals surface area contributed by atoms with Gasteiger partial charge in [-0.3, -0.25) is 4.79 Å². The minimum Gasteiger partial charge on any atom is -0.304 e. The highest BCUT2D eigenvalue weighted by atomic mass is 16.1. The third kappa shape index (κ3) is 7.32. The van der Waals surface area contributed by atoms with E-state index in [1.807, 2.05) is 36.7 Å². The van der Waals surface area contributed by atoms with Crippen LogP contribution in [0.5, 0.6) is 0 Å². The first-order valence-corrected chi connectivity index (χ1v) is 8.09. The largest absolute Gasteiger partial charge is 0.316 e. The van der Waals surface area contributed by atoms with Crippen molar-refractivity contribution in [2.75, 3.05) is 11.4 Å². The zero-order valence-corrected chi connectivity index (χ0v) is 12.8. The molecule has 2 nitrogen and oxygen atoms in total. The Labute approximate surface area is 124 Å². The summed E-state index contributed by atoms with van der Waals surface area (Å²) in [6, 6.07) is 9.79. The standard InChI is InChI=1S/C18H28NO/c1-2-3-4-5-6-7-8-9-13-16-19(17-20)18-14-11-10-12-15-18/h10-12,14-15H,2-9,13,16H2,1H3. The van der Waals surface area contributed by atoms with E-state index in [-0.39, 0.29) is 0 Å². The molecule has 0 saturated heterocycles. The smallest absolute Gasteiger partial charge is 0.304 e. The van der Waals surface area contributed by atoms with Crippen molar-refractivity contribution in [1.82, 2.24) is 0 Å². The first-order valence-electron chi connectivity index (χ1n) is 8.09. The minimum atomic E-state index is 0.781. The maximum Gasteiger partial charge on any atom is 0.316 e. The predicted octanol–water partition coefficient (Wildman–Crippen LogP) is 5.09. The quantitative estimate of drug-likeness (QED) is 0.384. The lowest BCUT2D eigenvalue weighted by Crippen LogP contribution is -2.22. The normalized spacial score (nSPS) is 10.4. The van der Waals surface area contributed by atoms with E-state index in [2.05, 4.69) is 6.92 Å². The number of amides is 1. The predicted molar refractivity (Wildman–Crippen MR) is 86.7 cm³/mol. The molecule has 0 fully saturated rings. The number of rotatable bonds is 12. The molecular weight excluding hydrogens is 246 g/mol. The molecule has 1 aromatic carbocycles. The van der Waals surface area contributed by atoms with E-state index in [9.17, 15) is 4.79 Å². The molecular formula is C18H28NO. The molecule has 0 atom stereocenters. The Balaban J connectivity index is 2.04. The van der Waals surface area contributed by atoms with Crippen molar-refractivity contribution < 1.29 is 4.79 Å². The summed E-state index contributed by atoms with van der Waals surface area (Å²) in [5, 5.41) is 0. The maximum atomic E-state index is 11.0. The van der Waals surface area contributed by atoms with Gasteiger partial charge in [0.05, 0.1) is 0 Å². The molecule has 0 spiro atoms. The van der Waals surface area contributed by atoms with Crippen LogP contribution in [0.2, 0.25) is 0 Å². The minimum absolute atomic E-state index is 0.781. The maximum absolute atomic E-state index is 11.0. The molecule has 0 N–H and O–H groups in total. The molecule has 1 aromatic rings. The van der Waals surface area contributed by atoms with E-state index in [4.69, 9.17) is 0 Å². The molecule has 0 aliphatic carbocycles. The summed E-state index contributed by atoms with van der Waals surface area (Å²) in [6.45, 7) is 3.03. The fourth-order valence-corrected chi connectivity index (χ4v) is 2.42. The Morgan fingerprint density at radius 1 is 0.850 bits per heavy atom. The van der Waals surface area contributed by atoms with E-state index in [1.165, 1.54) is 51.4 Å². The monoisotopic (exact) mass is 274 g/mol. The van der Waals surface area contributed by atoms with Crippen LogP contribution in [0.4, 0.5) is 5.69 Å². The summed E-state index contributed by atoms with van der Waals surface area (Å²) in [7, 11) is 0. The van der Waals surface area contributed by atoms with Crippen LogP contribution in [0.3, 0.4) is 0 Å². The molecule has 1 amide bonds. The summed E-state index contributed by atoms with van der Waals surface area (Å²) in [4.78, 5) is 12.7. The van der Waals surface area contributed by atoms with Crippen molar-refractivity contribution in [3.63, 3.8) is 0 Å². The van der Waals surface area contributed by atoms with Gasteiger partial charge in [0.2, 0.25) is 0 Å². The lowest BCUT2D eigenvalue weighted by atomic mass is 10.1. The summed E-state index contributed by atoms with van der Waals surface area (Å²) in [6.07, 6.45) is 13.7. The number of unbranched alkanes of at least 4 members (excludes halogenated alkanes) is 8. The summed E-state index contributed by atoms with van der Waals surface area (Å²) in [5.74, 6) is 0. The average Bonchev–Trinajstić information content (AvgIpc) is 2.50. The first kappa shape index (κ1) is 16.7. The highest BCUT2D eigenvalue weighted by molar-refractivity contribution is 5.75. The summed E-state index contributed by atoms with van der Waals surface area (Å²) >= 11 is 0. The van der Waals surface area contributed by atoms with Crippen molar-refractivity contribution in [1.29, 1.82) is 0 Å². The van der Waals surface area contributed by atoms with Crippen LogP contribution in [0, 0.1) is 0 Å². The summed E-state index contributed by atoms with van der Waals surface area (Å²) in [5.41, 5.74) is 0.946. The van der Waals surface area contributed by atoms with Crippen molar-refractivity contribution in [3.8, 4) is 0 Å². The zero-order chi connectivity index (χ0) is 14.5. The van der Waals surface area contributed by atoms with Crippen LogP contribution in [-0.2, 0) is 4.79 Å². The second-order valence-corrected chi connectivity index (χ2v) is 5.41. The first-order chi connectivity index (χ1) is 9.88. The Kier molecular flexibility index (Phi) is 9.64. The number of nitrogens with zero attached hydrogens (tertiary/aromatic N) is 1. The third-order valence-corrected chi connectivity index (χ3v) is 3.66. The molecule has 0 aliphatic rings. The van der Waals surface area contributed by atoms with Gasteiger partial charge in [-0.15, -0.1) is 0 Å². The van der Waals surface area contributed by atoms with Crippen LogP contribution in [0.15, 0.2) is 30.3 Å². The van der Waals surface area contributed by atoms with E-state index in [0.717, 1.165) is 18.7 Å². The van der Waals surface area contributed by atoms with Gasteiger partial charge in [0.25, 0.3) is 0 Å². The molecule has 0 aliphatic heterocycles. The molecule has 1 radical (unpaired) electrons. The fourth-order valence-electron chi connectivity index (χ4n) is 2.42. The van der Waals surface area contributed by atoms with Crippen molar-refractivity contribution in [2.45, 2.75) is 64.7 Å². The van der Waals surface area contributed by atoms with E-state index in [1.54, 1.807) is 4.90 Å². The molecule has 2 heteroatoms. The number of benzene rings is 1. The number of carbonyl (C=O) groups excluding carboxylic acids is 1. The SMILES string of the molecule is CCCCCCCCCCCN([C]=O)c1ccccc1. The average molecular weight is 274 g/mol. The molecule has 111 valence electrons. The van der Waals surface area contributed by atoms with Gasteiger partial charge in [-0.25, -0.2) is 0 Å². The number of hydrogen-bond acceptors (Lipinski definition) is 1. The zero-order valence-electron chi connectivity index (χ0n) is 12.8. The molecule has 20 heavy (non-hydrogen) atoms. The molecule has 0 heterocycles. The number of hydrogen-bond donors (Lipinski definition) is 0. The third-order valence-electron chi connectivity index (χ3n) is 3.66. The van der Waals surface area contributed by atoms with Gasteiger partial charge in [-0.1, -0.05) is 76.5 Å². The van der Waals surface area contributed by atoms with Crippen LogP contribution in [0.25, 0.3) is 0 Å². The van der Waals surface area contributed by atoms with E-state index >= 15 is 0 Å². The Bertz CT molecular complexity index is 337. The number of anilines is 1. The van der Waals surface area contributed by atoms with Crippen LogP contribution in [0.1, 0.15) is 64.7 Å². The van der Waals surface area contributed by atoms with Gasteiger partial charge in [0, 0.05) is 12.2 Å². The highest BCUT2D eigenvalue weighted by Gasteiger charge is 2.04. The van der Waals surface area contributed by atoms with Crippen molar-refractivity contribution >= 4 is 12.1 Å². The van der Waals surface area contributed by atoms with Crippen LogP contribution in [-0.4, -0.2) is 13.0 Å². The number of para-hydroxylation sites is 1. The van der Waals surface area contributed by atoms with E-state index in [0.29, 0.717) is 0 Å². The van der Waals surface area contributed by atoms with E-state index < -0.39 is 0 Å². The Morgan fingerprint density at radius 2 is 1.40 bits per heavy atom. The molecule has 0 unspecified atom stereocenters. The summed E-state index contributed by atoms with van der Waals surface area (Å²) < 4.78 is 0. The second-order valence-electron chi connectivity index (χ2n) is 5.41. The lowest BCUT2D eigenvalue weighted by molar-refractivity contribution is 0.543. The lowest BCUT2D eigenvalue weighted by Gasteiger charge is -2.15. The van der Waals surface area contributed by atoms with Gasteiger partial charge in [0.15, 0.2) is 0 Å². The van der Waals surface area contributed by atoms with Crippen LogP contribution < -0.4 is 4.90 Å². The molecule has 1 rings (SSSR count). The van der Waals surface area contributed by atoms with Gasteiger partial charge in [0.1, 0.15) is 0 Å². The van der Waals surface area contributed by atoms with Gasteiger partial charge >= 0.3 is 6.41 Å². The van der Waals surface area contributed by atoms with Crippen molar-refractivity contribution in [2.24, 2.45) is 0 Å². The van der Waals surface area contributed by atoms with Gasteiger partial charge in [-0.2, -0.15) is 0 Å². The highest BCUT2D eigenvalue weighted by Crippen LogP contribution is 2.14. The van der Waals surface area contributed by atoms with Crippen LogP contribution >= 0.6 is 0 Å². The topological polar surface area (TPSA) is 20.3 Å². The second kappa shape index (κ2) is 11.5.